The lowest BCUT2D eigenvalue weighted by atomic mass is 10.0. The fourth-order valence-corrected chi connectivity index (χ4v) is 4.02. The van der Waals surface area contributed by atoms with Crippen LogP contribution in [-0.2, 0) is 17.6 Å². The molecule has 1 heterocycles. The fraction of sp³-hybridized carbons (Fsp3) is 0.440. The van der Waals surface area contributed by atoms with Gasteiger partial charge in [-0.25, -0.2) is 0 Å². The Morgan fingerprint density at radius 3 is 2.70 bits per heavy atom. The van der Waals surface area contributed by atoms with Gasteiger partial charge in [-0.2, -0.15) is 0 Å². The number of nitrogens with zero attached hydrogens (tertiary/aromatic N) is 1. The van der Waals surface area contributed by atoms with E-state index in [1.807, 2.05) is 36.4 Å². The van der Waals surface area contributed by atoms with Crippen LogP contribution in [0.25, 0.3) is 0 Å². The molecule has 30 heavy (non-hydrogen) atoms. The maximum Gasteiger partial charge on any atom is 0.223 e. The van der Waals surface area contributed by atoms with Gasteiger partial charge in [0.1, 0.15) is 5.75 Å². The molecular weight excluding hydrogens is 376 g/mol. The summed E-state index contributed by atoms with van der Waals surface area (Å²) in [6.07, 6.45) is 5.37. The highest BCUT2D eigenvalue weighted by molar-refractivity contribution is 5.98. The Morgan fingerprint density at radius 1 is 1.07 bits per heavy atom. The first-order valence-corrected chi connectivity index (χ1v) is 10.9. The van der Waals surface area contributed by atoms with Crippen LogP contribution in [0, 0.1) is 0 Å². The molecule has 0 aromatic heterocycles. The smallest absolute Gasteiger partial charge is 0.223 e. The van der Waals surface area contributed by atoms with Crippen LogP contribution in [0.1, 0.15) is 54.1 Å². The number of methoxy groups -OCH3 is 1. The van der Waals surface area contributed by atoms with E-state index >= 15 is 0 Å². The third kappa shape index (κ3) is 5.70. The van der Waals surface area contributed by atoms with Gasteiger partial charge >= 0.3 is 0 Å². The molecule has 0 saturated carbocycles. The van der Waals surface area contributed by atoms with Crippen LogP contribution in [0.2, 0.25) is 0 Å². The van der Waals surface area contributed by atoms with Gasteiger partial charge in [-0.3, -0.25) is 9.59 Å². The van der Waals surface area contributed by atoms with Gasteiger partial charge in [-0.05, 0) is 74.2 Å². The van der Waals surface area contributed by atoms with Crippen molar-refractivity contribution in [1.82, 2.24) is 5.32 Å². The molecule has 3 rings (SSSR count). The van der Waals surface area contributed by atoms with E-state index in [1.54, 1.807) is 18.9 Å². The van der Waals surface area contributed by atoms with Crippen molar-refractivity contribution in [2.75, 3.05) is 31.6 Å². The van der Waals surface area contributed by atoms with Gasteiger partial charge in [0.25, 0.3) is 0 Å². The van der Waals surface area contributed by atoms with E-state index in [-0.39, 0.29) is 11.7 Å². The van der Waals surface area contributed by atoms with E-state index in [1.165, 1.54) is 5.56 Å². The molecule has 2 aromatic rings. The number of para-hydroxylation sites is 1. The summed E-state index contributed by atoms with van der Waals surface area (Å²) in [5.41, 5.74) is 4.06. The predicted octanol–water partition coefficient (Wildman–Crippen LogP) is 4.18. The zero-order valence-corrected chi connectivity index (χ0v) is 18.1. The fourth-order valence-electron chi connectivity index (χ4n) is 4.02. The largest absolute Gasteiger partial charge is 0.496 e. The summed E-state index contributed by atoms with van der Waals surface area (Å²) in [4.78, 5) is 25.9. The number of unbranched alkanes of at least 4 members (excludes halogenated alkanes) is 2. The lowest BCUT2D eigenvalue weighted by Crippen LogP contribution is -2.25. The van der Waals surface area contributed by atoms with Crippen molar-refractivity contribution in [2.45, 2.75) is 45.4 Å². The summed E-state index contributed by atoms with van der Waals surface area (Å²) in [7, 11) is 1.71. The Hall–Kier alpha value is -2.66. The molecule has 1 aliphatic heterocycles. The molecule has 1 amide bonds. The van der Waals surface area contributed by atoms with Crippen LogP contribution in [0.15, 0.2) is 42.5 Å². The molecule has 160 valence electrons. The summed E-state index contributed by atoms with van der Waals surface area (Å²) in [5.74, 6) is 1.20. The minimum atomic E-state index is 0.0596. The van der Waals surface area contributed by atoms with E-state index in [0.29, 0.717) is 13.0 Å². The standard InChI is InChI=1S/C25H32N2O3/c1-19(28)27-17-14-21-18-22(11-12-23(21)27)24(29)9-4-3-7-15-26-16-13-20-8-5-6-10-25(20)30-2/h5-6,8,10-12,18,26H,3-4,7,9,13-17H2,1-2H3. The third-order valence-corrected chi connectivity index (χ3v) is 5.70. The van der Waals surface area contributed by atoms with Crippen LogP contribution >= 0.6 is 0 Å². The molecule has 0 radical (unpaired) electrons. The van der Waals surface area contributed by atoms with Gasteiger partial charge < -0.3 is 15.0 Å². The molecular formula is C25H32N2O3. The van der Waals surface area contributed by atoms with Gasteiger partial charge in [0.2, 0.25) is 5.91 Å². The highest BCUT2D eigenvalue weighted by Crippen LogP contribution is 2.29. The van der Waals surface area contributed by atoms with Crippen molar-refractivity contribution in [2.24, 2.45) is 0 Å². The molecule has 0 fully saturated rings. The number of carbonyl (C=O) groups excluding carboxylic acids is 2. The highest BCUT2D eigenvalue weighted by Gasteiger charge is 2.22. The average molecular weight is 409 g/mol. The Labute approximate surface area is 179 Å². The van der Waals surface area contributed by atoms with Crippen molar-refractivity contribution in [3.8, 4) is 5.75 Å². The highest BCUT2D eigenvalue weighted by atomic mass is 16.5. The number of hydrogen-bond donors (Lipinski definition) is 1. The normalized spacial score (nSPS) is 12.7. The molecule has 5 heteroatoms. The number of Topliss-reactive ketones (excluding diaryl/α,β-unsaturated/α-hetero) is 1. The van der Waals surface area contributed by atoms with Crippen molar-refractivity contribution >= 4 is 17.4 Å². The molecule has 1 N–H and O–H groups in total. The summed E-state index contributed by atoms with van der Waals surface area (Å²) in [5, 5.41) is 3.47. The minimum Gasteiger partial charge on any atom is -0.496 e. The molecule has 2 aromatic carbocycles. The monoisotopic (exact) mass is 408 g/mol. The van der Waals surface area contributed by atoms with E-state index < -0.39 is 0 Å². The molecule has 0 unspecified atom stereocenters. The van der Waals surface area contributed by atoms with Crippen LogP contribution in [0.5, 0.6) is 5.75 Å². The topological polar surface area (TPSA) is 58.6 Å². The first kappa shape index (κ1) is 22.0. The number of nitrogens with one attached hydrogen (secondary N) is 1. The van der Waals surface area contributed by atoms with E-state index in [9.17, 15) is 9.59 Å². The van der Waals surface area contributed by atoms with E-state index in [2.05, 4.69) is 11.4 Å². The first-order chi connectivity index (χ1) is 14.6. The van der Waals surface area contributed by atoms with Gasteiger partial charge in [-0.1, -0.05) is 24.6 Å². The number of fused-ring (bicyclic) bond motifs is 1. The zero-order valence-electron chi connectivity index (χ0n) is 18.1. The predicted molar refractivity (Wildman–Crippen MR) is 121 cm³/mol. The Kier molecular flexibility index (Phi) is 8.03. The number of carbonyl (C=O) groups is 2. The number of hydrogen-bond acceptors (Lipinski definition) is 4. The molecule has 0 atom stereocenters. The molecule has 0 saturated heterocycles. The molecule has 0 aliphatic carbocycles. The van der Waals surface area contributed by atoms with Crippen LogP contribution in [0.3, 0.4) is 0 Å². The van der Waals surface area contributed by atoms with Crippen LogP contribution < -0.4 is 15.0 Å². The second-order valence-electron chi connectivity index (χ2n) is 7.81. The lowest BCUT2D eigenvalue weighted by Gasteiger charge is -2.14. The van der Waals surface area contributed by atoms with Crippen molar-refractivity contribution in [1.29, 1.82) is 0 Å². The maximum absolute atomic E-state index is 12.5. The summed E-state index contributed by atoms with van der Waals surface area (Å²) in [6, 6.07) is 13.9. The Bertz CT molecular complexity index is 878. The quantitative estimate of drug-likeness (QED) is 0.448. The average Bonchev–Trinajstić information content (AvgIpc) is 3.19. The lowest BCUT2D eigenvalue weighted by molar-refractivity contribution is -0.116. The molecule has 1 aliphatic rings. The molecule has 0 spiro atoms. The van der Waals surface area contributed by atoms with Crippen LogP contribution in [0.4, 0.5) is 5.69 Å². The van der Waals surface area contributed by atoms with Gasteiger partial charge in [-0.15, -0.1) is 0 Å². The zero-order chi connectivity index (χ0) is 21.3. The summed E-state index contributed by atoms with van der Waals surface area (Å²) in [6.45, 7) is 4.18. The van der Waals surface area contributed by atoms with E-state index in [0.717, 1.165) is 67.8 Å². The number of rotatable bonds is 11. The second-order valence-corrected chi connectivity index (χ2v) is 7.81. The number of amides is 1. The van der Waals surface area contributed by atoms with E-state index in [4.69, 9.17) is 4.74 Å². The Balaban J connectivity index is 1.31. The summed E-state index contributed by atoms with van der Waals surface area (Å²) >= 11 is 0. The maximum atomic E-state index is 12.5. The number of anilines is 1. The second kappa shape index (κ2) is 10.9. The minimum absolute atomic E-state index is 0.0596. The van der Waals surface area contributed by atoms with Crippen molar-refractivity contribution in [3.05, 3.63) is 59.2 Å². The summed E-state index contributed by atoms with van der Waals surface area (Å²) < 4.78 is 5.38. The SMILES string of the molecule is COc1ccccc1CCNCCCCCC(=O)c1ccc2c(c1)CCN2C(C)=O. The van der Waals surface area contributed by atoms with Crippen molar-refractivity contribution < 1.29 is 14.3 Å². The Morgan fingerprint density at radius 2 is 1.90 bits per heavy atom. The van der Waals surface area contributed by atoms with Gasteiger partial charge in [0, 0.05) is 31.1 Å². The van der Waals surface area contributed by atoms with Crippen molar-refractivity contribution in [3.63, 3.8) is 0 Å². The number of ketones is 1. The first-order valence-electron chi connectivity index (χ1n) is 10.9. The molecule has 5 nitrogen and oxygen atoms in total. The number of benzene rings is 2. The number of ether oxygens (including phenoxy) is 1. The van der Waals surface area contributed by atoms with Crippen LogP contribution in [-0.4, -0.2) is 38.4 Å². The third-order valence-electron chi connectivity index (χ3n) is 5.70. The molecule has 0 bridgehead atoms. The van der Waals surface area contributed by atoms with Gasteiger partial charge in [0.15, 0.2) is 5.78 Å². The van der Waals surface area contributed by atoms with Gasteiger partial charge in [0.05, 0.1) is 7.11 Å².